The van der Waals surface area contributed by atoms with E-state index in [1.54, 1.807) is 10.4 Å². The van der Waals surface area contributed by atoms with E-state index in [2.05, 4.69) is 101 Å². The fourth-order valence-electron chi connectivity index (χ4n) is 6.46. The van der Waals surface area contributed by atoms with Gasteiger partial charge in [-0.05, 0) is 25.7 Å². The Morgan fingerprint density at radius 3 is 1.46 bits per heavy atom. The number of hydrogen-bond acceptors (Lipinski definition) is 2. The number of hydrogen-bond donors (Lipinski definition) is 0. The molecule has 2 aliphatic rings. The van der Waals surface area contributed by atoms with Crippen LogP contribution in [0.2, 0.25) is 13.1 Å². The van der Waals surface area contributed by atoms with Gasteiger partial charge in [-0.3, -0.25) is 0 Å². The average molecular weight is 477 g/mol. The SMILES string of the molecule is CC1=CC(c2occ3ccccc23)=C([Si](C)(C)C2=C(c3occ4ccccc34)C=C(C)C2C)C1C. The summed E-state index contributed by atoms with van der Waals surface area (Å²) in [5.41, 5.74) is 5.41. The van der Waals surface area contributed by atoms with E-state index in [-0.39, 0.29) is 0 Å². The van der Waals surface area contributed by atoms with E-state index in [0.29, 0.717) is 11.8 Å². The third-order valence-electron chi connectivity index (χ3n) is 8.41. The highest BCUT2D eigenvalue weighted by Crippen LogP contribution is 2.51. The highest BCUT2D eigenvalue weighted by molar-refractivity contribution is 6.92. The van der Waals surface area contributed by atoms with Gasteiger partial charge in [0.05, 0.1) is 12.5 Å². The fraction of sp³-hybridized carbons (Fsp3) is 0.250. The Morgan fingerprint density at radius 1 is 0.629 bits per heavy atom. The monoisotopic (exact) mass is 476 g/mol. The molecule has 2 atom stereocenters. The van der Waals surface area contributed by atoms with Crippen LogP contribution in [-0.2, 0) is 0 Å². The Hall–Kier alpha value is -3.30. The van der Waals surface area contributed by atoms with Crippen LogP contribution >= 0.6 is 0 Å². The second kappa shape index (κ2) is 7.86. The maximum atomic E-state index is 6.26. The Balaban J connectivity index is 1.60. The molecule has 0 saturated carbocycles. The normalized spacial score (nSPS) is 21.0. The molecular weight excluding hydrogens is 444 g/mol. The van der Waals surface area contributed by atoms with Crippen molar-refractivity contribution in [2.75, 3.05) is 0 Å². The number of fused-ring (bicyclic) bond motifs is 2. The van der Waals surface area contributed by atoms with Crippen molar-refractivity contribution in [3.63, 3.8) is 0 Å². The van der Waals surface area contributed by atoms with Crippen LogP contribution in [0.15, 0.2) is 104 Å². The molecule has 0 spiro atoms. The van der Waals surface area contributed by atoms with Crippen molar-refractivity contribution in [1.29, 1.82) is 0 Å². The molecule has 2 unspecified atom stereocenters. The first-order valence-corrected chi connectivity index (χ1v) is 15.6. The molecule has 2 aliphatic carbocycles. The molecule has 176 valence electrons. The summed E-state index contributed by atoms with van der Waals surface area (Å²) in [6, 6.07) is 17.0. The van der Waals surface area contributed by atoms with Crippen molar-refractivity contribution in [2.45, 2.75) is 40.8 Å². The molecule has 0 fully saturated rings. The van der Waals surface area contributed by atoms with Crippen molar-refractivity contribution in [3.8, 4) is 0 Å². The van der Waals surface area contributed by atoms with Gasteiger partial charge in [0.1, 0.15) is 19.6 Å². The van der Waals surface area contributed by atoms with Gasteiger partial charge >= 0.3 is 0 Å². The van der Waals surface area contributed by atoms with Crippen LogP contribution in [0.1, 0.15) is 39.2 Å². The number of rotatable bonds is 4. The summed E-state index contributed by atoms with van der Waals surface area (Å²) < 4.78 is 12.5. The van der Waals surface area contributed by atoms with E-state index in [1.807, 2.05) is 12.5 Å². The first-order valence-electron chi connectivity index (χ1n) is 12.6. The summed E-state index contributed by atoms with van der Waals surface area (Å²) in [7, 11) is -2.13. The molecule has 0 N–H and O–H groups in total. The maximum Gasteiger partial charge on any atom is 0.141 e. The standard InChI is InChI=1S/C32H32O2Si/c1-19-15-27(29-25-13-9-7-11-23(25)17-33-29)31(21(19)3)35(5,6)32-22(4)20(2)16-28(32)30-26-14-10-8-12-24(26)18-34-30/h7-18,21-22H,1-6H3. The number of benzene rings is 2. The topological polar surface area (TPSA) is 26.3 Å². The molecule has 35 heavy (non-hydrogen) atoms. The van der Waals surface area contributed by atoms with Gasteiger partial charge in [0.2, 0.25) is 0 Å². The summed E-state index contributed by atoms with van der Waals surface area (Å²) >= 11 is 0. The van der Waals surface area contributed by atoms with Gasteiger partial charge < -0.3 is 8.83 Å². The van der Waals surface area contributed by atoms with Gasteiger partial charge in [-0.15, -0.1) is 0 Å². The van der Waals surface area contributed by atoms with Crippen LogP contribution in [0.5, 0.6) is 0 Å². The van der Waals surface area contributed by atoms with Crippen molar-refractivity contribution in [1.82, 2.24) is 0 Å². The van der Waals surface area contributed by atoms with Gasteiger partial charge in [-0.1, -0.05) is 109 Å². The third kappa shape index (κ3) is 3.21. The maximum absolute atomic E-state index is 6.26. The Bertz CT molecular complexity index is 1500. The van der Waals surface area contributed by atoms with E-state index in [9.17, 15) is 0 Å². The van der Waals surface area contributed by atoms with Crippen molar-refractivity contribution in [2.24, 2.45) is 11.8 Å². The Kier molecular flexibility index (Phi) is 4.98. The van der Waals surface area contributed by atoms with Crippen molar-refractivity contribution in [3.05, 3.63) is 106 Å². The molecule has 0 radical (unpaired) electrons. The minimum absolute atomic E-state index is 0.394. The first kappa shape index (κ1) is 22.2. The average Bonchev–Trinajstić information content (AvgIpc) is 3.59. The fourth-order valence-corrected chi connectivity index (χ4v) is 11.1. The molecule has 0 aliphatic heterocycles. The molecule has 3 heteroatoms. The highest BCUT2D eigenvalue weighted by Gasteiger charge is 2.44. The lowest BCUT2D eigenvalue weighted by atomic mass is 10.1. The van der Waals surface area contributed by atoms with E-state index < -0.39 is 8.07 Å². The molecule has 0 bridgehead atoms. The summed E-state index contributed by atoms with van der Waals surface area (Å²) in [5.74, 6) is 2.82. The van der Waals surface area contributed by atoms with E-state index in [4.69, 9.17) is 8.83 Å². The van der Waals surface area contributed by atoms with E-state index in [0.717, 1.165) is 22.3 Å². The van der Waals surface area contributed by atoms with Crippen LogP contribution in [-0.4, -0.2) is 8.07 Å². The van der Waals surface area contributed by atoms with Crippen LogP contribution in [0, 0.1) is 11.8 Å². The zero-order valence-electron chi connectivity index (χ0n) is 21.4. The Morgan fingerprint density at radius 2 is 1.03 bits per heavy atom. The lowest BCUT2D eigenvalue weighted by molar-refractivity contribution is 0.559. The molecule has 2 aromatic heterocycles. The highest BCUT2D eigenvalue weighted by atomic mass is 28.3. The van der Waals surface area contributed by atoms with Crippen LogP contribution in [0.3, 0.4) is 0 Å². The number of furan rings is 2. The largest absolute Gasteiger partial charge is 0.463 e. The minimum Gasteiger partial charge on any atom is -0.463 e. The smallest absolute Gasteiger partial charge is 0.141 e. The number of allylic oxidation sites excluding steroid dienone is 8. The molecular formula is C32H32O2Si. The van der Waals surface area contributed by atoms with E-state index in [1.165, 1.54) is 33.1 Å². The van der Waals surface area contributed by atoms with Crippen LogP contribution < -0.4 is 0 Å². The quantitative estimate of drug-likeness (QED) is 0.274. The summed E-state index contributed by atoms with van der Waals surface area (Å²) in [5, 5.41) is 7.84. The molecule has 2 aromatic carbocycles. The van der Waals surface area contributed by atoms with Crippen molar-refractivity contribution >= 4 is 40.8 Å². The molecule has 0 saturated heterocycles. The second-order valence-corrected chi connectivity index (χ2v) is 15.1. The molecule has 4 aromatic rings. The zero-order chi connectivity index (χ0) is 24.5. The zero-order valence-corrected chi connectivity index (χ0v) is 22.4. The first-order chi connectivity index (χ1) is 16.8. The Labute approximate surface area is 208 Å². The van der Waals surface area contributed by atoms with Gasteiger partial charge in [-0.2, -0.15) is 0 Å². The second-order valence-electron chi connectivity index (χ2n) is 10.8. The molecule has 6 rings (SSSR count). The van der Waals surface area contributed by atoms with Gasteiger partial charge in [0.15, 0.2) is 0 Å². The lowest BCUT2D eigenvalue weighted by Crippen LogP contribution is -2.38. The summed E-state index contributed by atoms with van der Waals surface area (Å²) in [4.78, 5) is 0. The van der Waals surface area contributed by atoms with Crippen LogP contribution in [0.4, 0.5) is 0 Å². The predicted molar refractivity (Wildman–Crippen MR) is 150 cm³/mol. The molecule has 2 nitrogen and oxygen atoms in total. The molecule has 2 heterocycles. The van der Waals surface area contributed by atoms with Gasteiger partial charge in [-0.25, -0.2) is 0 Å². The molecule has 0 amide bonds. The summed E-state index contributed by atoms with van der Waals surface area (Å²) in [6.07, 6.45) is 8.56. The lowest BCUT2D eigenvalue weighted by Gasteiger charge is -2.35. The minimum atomic E-state index is -2.13. The van der Waals surface area contributed by atoms with E-state index >= 15 is 0 Å². The van der Waals surface area contributed by atoms with Crippen LogP contribution in [0.25, 0.3) is 32.7 Å². The van der Waals surface area contributed by atoms with Crippen molar-refractivity contribution < 1.29 is 8.83 Å². The van der Waals surface area contributed by atoms with Gasteiger partial charge in [0, 0.05) is 32.7 Å². The third-order valence-corrected chi connectivity index (χ3v) is 12.5. The van der Waals surface area contributed by atoms with Gasteiger partial charge in [0.25, 0.3) is 0 Å². The summed E-state index contributed by atoms with van der Waals surface area (Å²) in [6.45, 7) is 14.3. The predicted octanol–water partition coefficient (Wildman–Crippen LogP) is 9.37.